The lowest BCUT2D eigenvalue weighted by Gasteiger charge is -2.18. The molecule has 6 nitrogen and oxygen atoms in total. The van der Waals surface area contributed by atoms with E-state index in [0.29, 0.717) is 13.1 Å². The van der Waals surface area contributed by atoms with Crippen molar-refractivity contribution in [3.63, 3.8) is 0 Å². The lowest BCUT2D eigenvalue weighted by atomic mass is 9.98. The molecule has 148 valence electrons. The van der Waals surface area contributed by atoms with Gasteiger partial charge in [0.25, 0.3) is 0 Å². The van der Waals surface area contributed by atoms with E-state index < -0.39 is 18.1 Å². The first kappa shape index (κ1) is 19.9. The molecule has 1 aliphatic rings. The molecule has 3 N–H and O–H groups in total. The van der Waals surface area contributed by atoms with Crippen LogP contribution < -0.4 is 10.6 Å². The van der Waals surface area contributed by atoms with Crippen molar-refractivity contribution in [2.24, 2.45) is 5.92 Å². The van der Waals surface area contributed by atoms with Gasteiger partial charge in [-0.1, -0.05) is 62.4 Å². The summed E-state index contributed by atoms with van der Waals surface area (Å²) in [4.78, 5) is 23.2. The molecule has 2 aromatic rings. The Kier molecular flexibility index (Phi) is 6.31. The van der Waals surface area contributed by atoms with Crippen LogP contribution in [-0.2, 0) is 9.53 Å². The van der Waals surface area contributed by atoms with Crippen molar-refractivity contribution in [3.05, 3.63) is 59.7 Å². The smallest absolute Gasteiger partial charge is 0.407 e. The maximum absolute atomic E-state index is 12.1. The van der Waals surface area contributed by atoms with Gasteiger partial charge in [-0.05, 0) is 28.2 Å². The number of benzene rings is 2. The highest BCUT2D eigenvalue weighted by molar-refractivity contribution is 5.79. The number of aliphatic carboxylic acids is 1. The highest BCUT2D eigenvalue weighted by atomic mass is 16.5. The Morgan fingerprint density at radius 2 is 1.57 bits per heavy atom. The third-order valence-corrected chi connectivity index (χ3v) is 5.03. The molecule has 1 atom stereocenters. The molecule has 0 saturated heterocycles. The summed E-state index contributed by atoms with van der Waals surface area (Å²) in [7, 11) is 0. The van der Waals surface area contributed by atoms with Crippen LogP contribution in [0.2, 0.25) is 0 Å². The van der Waals surface area contributed by atoms with Gasteiger partial charge in [-0.15, -0.1) is 0 Å². The summed E-state index contributed by atoms with van der Waals surface area (Å²) in [6.07, 6.45) is -0.500. The summed E-state index contributed by atoms with van der Waals surface area (Å²) in [5.41, 5.74) is 4.70. The number of carbonyl (C=O) groups excluding carboxylic acids is 1. The molecule has 0 saturated carbocycles. The fraction of sp³-hybridized carbons (Fsp3) is 0.364. The van der Waals surface area contributed by atoms with Crippen LogP contribution in [-0.4, -0.2) is 42.9 Å². The lowest BCUT2D eigenvalue weighted by molar-refractivity contribution is -0.140. The van der Waals surface area contributed by atoms with Crippen molar-refractivity contribution in [3.8, 4) is 11.1 Å². The fourth-order valence-electron chi connectivity index (χ4n) is 3.65. The number of hydrogen-bond acceptors (Lipinski definition) is 4. The standard InChI is InChI=1S/C22H26N2O4/c1-14(2)20(21(25)26)23-11-12-24-22(27)28-13-19-17-9-5-3-7-15(17)16-8-4-6-10-18(16)19/h3-10,14,19-20,23H,11-13H2,1-2H3,(H,24,27)(H,25,26)/t20-/m0/s1. The minimum Gasteiger partial charge on any atom is -0.480 e. The monoisotopic (exact) mass is 382 g/mol. The second-order valence-corrected chi connectivity index (χ2v) is 7.27. The third-order valence-electron chi connectivity index (χ3n) is 5.03. The Balaban J connectivity index is 1.51. The Morgan fingerprint density at radius 3 is 2.11 bits per heavy atom. The minimum absolute atomic E-state index is 0.0219. The first-order valence-electron chi connectivity index (χ1n) is 9.54. The summed E-state index contributed by atoms with van der Waals surface area (Å²) >= 11 is 0. The summed E-state index contributed by atoms with van der Waals surface area (Å²) in [6, 6.07) is 15.7. The van der Waals surface area contributed by atoms with Gasteiger partial charge in [-0.3, -0.25) is 4.79 Å². The molecule has 28 heavy (non-hydrogen) atoms. The number of carbonyl (C=O) groups is 2. The van der Waals surface area contributed by atoms with E-state index in [1.165, 1.54) is 22.3 Å². The molecular weight excluding hydrogens is 356 g/mol. The van der Waals surface area contributed by atoms with E-state index in [2.05, 4.69) is 34.9 Å². The van der Waals surface area contributed by atoms with Gasteiger partial charge in [0.05, 0.1) is 0 Å². The van der Waals surface area contributed by atoms with Gasteiger partial charge in [-0.25, -0.2) is 4.79 Å². The molecule has 0 aliphatic heterocycles. The number of fused-ring (bicyclic) bond motifs is 3. The van der Waals surface area contributed by atoms with Crippen LogP contribution in [0.25, 0.3) is 11.1 Å². The molecule has 0 spiro atoms. The zero-order valence-electron chi connectivity index (χ0n) is 16.1. The van der Waals surface area contributed by atoms with Crippen molar-refractivity contribution in [1.29, 1.82) is 0 Å². The van der Waals surface area contributed by atoms with E-state index in [9.17, 15) is 9.59 Å². The van der Waals surface area contributed by atoms with Crippen molar-refractivity contribution in [2.75, 3.05) is 19.7 Å². The maximum atomic E-state index is 12.1. The number of amides is 1. The van der Waals surface area contributed by atoms with E-state index in [-0.39, 0.29) is 18.4 Å². The first-order chi connectivity index (χ1) is 13.5. The second kappa shape index (κ2) is 8.89. The van der Waals surface area contributed by atoms with Crippen LogP contribution >= 0.6 is 0 Å². The van der Waals surface area contributed by atoms with Gasteiger partial charge in [0.15, 0.2) is 0 Å². The predicted octanol–water partition coefficient (Wildman–Crippen LogP) is 3.22. The van der Waals surface area contributed by atoms with Gasteiger partial charge in [-0.2, -0.15) is 0 Å². The average molecular weight is 382 g/mol. The lowest BCUT2D eigenvalue weighted by Crippen LogP contribution is -2.44. The largest absolute Gasteiger partial charge is 0.480 e. The number of rotatable bonds is 8. The molecule has 0 fully saturated rings. The molecule has 0 bridgehead atoms. The van der Waals surface area contributed by atoms with Crippen molar-refractivity contribution < 1.29 is 19.4 Å². The highest BCUT2D eigenvalue weighted by Gasteiger charge is 2.29. The third kappa shape index (κ3) is 4.34. The van der Waals surface area contributed by atoms with Crippen LogP contribution in [0.1, 0.15) is 30.9 Å². The number of nitrogens with one attached hydrogen (secondary N) is 2. The van der Waals surface area contributed by atoms with Gasteiger partial charge in [0.1, 0.15) is 12.6 Å². The summed E-state index contributed by atoms with van der Waals surface area (Å²) in [5, 5.41) is 14.7. The highest BCUT2D eigenvalue weighted by Crippen LogP contribution is 2.44. The van der Waals surface area contributed by atoms with E-state index in [0.717, 1.165) is 0 Å². The van der Waals surface area contributed by atoms with Crippen LogP contribution in [0.3, 0.4) is 0 Å². The molecule has 1 aliphatic carbocycles. The van der Waals surface area contributed by atoms with Crippen molar-refractivity contribution in [1.82, 2.24) is 10.6 Å². The average Bonchev–Trinajstić information content (AvgIpc) is 2.99. The van der Waals surface area contributed by atoms with Crippen molar-refractivity contribution >= 4 is 12.1 Å². The Hall–Kier alpha value is -2.86. The summed E-state index contributed by atoms with van der Waals surface area (Å²) in [5.74, 6) is -0.906. The Morgan fingerprint density at radius 1 is 1.00 bits per heavy atom. The quantitative estimate of drug-likeness (QED) is 0.610. The predicted molar refractivity (Wildman–Crippen MR) is 107 cm³/mol. The molecule has 0 radical (unpaired) electrons. The number of carboxylic acid groups (broad SMARTS) is 1. The first-order valence-corrected chi connectivity index (χ1v) is 9.54. The van der Waals surface area contributed by atoms with Crippen molar-refractivity contribution in [2.45, 2.75) is 25.8 Å². The number of alkyl carbamates (subject to hydrolysis) is 1. The number of carboxylic acids is 1. The van der Waals surface area contributed by atoms with Gasteiger partial charge in [0, 0.05) is 19.0 Å². The molecule has 3 rings (SSSR count). The van der Waals surface area contributed by atoms with Crippen LogP contribution in [0.4, 0.5) is 4.79 Å². The number of ether oxygens (including phenoxy) is 1. The second-order valence-electron chi connectivity index (χ2n) is 7.27. The number of hydrogen-bond donors (Lipinski definition) is 3. The van der Waals surface area contributed by atoms with Crippen LogP contribution in [0.15, 0.2) is 48.5 Å². The summed E-state index contributed by atoms with van der Waals surface area (Å²) in [6.45, 7) is 4.60. The fourth-order valence-corrected chi connectivity index (χ4v) is 3.65. The summed E-state index contributed by atoms with van der Waals surface area (Å²) < 4.78 is 5.45. The zero-order chi connectivity index (χ0) is 20.1. The minimum atomic E-state index is -0.892. The Bertz CT molecular complexity index is 804. The zero-order valence-corrected chi connectivity index (χ0v) is 16.1. The molecule has 2 aromatic carbocycles. The molecule has 1 amide bonds. The van der Waals surface area contributed by atoms with E-state index >= 15 is 0 Å². The molecule has 6 heteroatoms. The van der Waals surface area contributed by atoms with Crippen LogP contribution in [0.5, 0.6) is 0 Å². The van der Waals surface area contributed by atoms with Gasteiger partial charge < -0.3 is 20.5 Å². The topological polar surface area (TPSA) is 87.7 Å². The van der Waals surface area contributed by atoms with Crippen LogP contribution in [0, 0.1) is 5.92 Å². The Labute approximate surface area is 164 Å². The molecule has 0 unspecified atom stereocenters. The van der Waals surface area contributed by atoms with Gasteiger partial charge >= 0.3 is 12.1 Å². The van der Waals surface area contributed by atoms with E-state index in [4.69, 9.17) is 9.84 Å². The maximum Gasteiger partial charge on any atom is 0.407 e. The van der Waals surface area contributed by atoms with E-state index in [1.54, 1.807) is 0 Å². The SMILES string of the molecule is CC(C)[C@H](NCCNC(=O)OCC1c2ccccc2-c2ccccc21)C(=O)O. The molecule has 0 aromatic heterocycles. The van der Waals surface area contributed by atoms with Gasteiger partial charge in [0.2, 0.25) is 0 Å². The molecule has 0 heterocycles. The molecular formula is C22H26N2O4. The van der Waals surface area contributed by atoms with E-state index in [1.807, 2.05) is 38.1 Å². The normalized spacial score (nSPS) is 13.7.